The first-order valence-electron chi connectivity index (χ1n) is 19.3. The number of benzene rings is 3. The van der Waals surface area contributed by atoms with Gasteiger partial charge in [0.15, 0.2) is 0 Å². The van der Waals surface area contributed by atoms with Crippen LogP contribution in [0, 0.1) is 20.8 Å². The highest BCUT2D eigenvalue weighted by molar-refractivity contribution is 7.48. The first-order valence-corrected chi connectivity index (χ1v) is 20.8. The van der Waals surface area contributed by atoms with E-state index in [0.29, 0.717) is 0 Å². The fourth-order valence-electron chi connectivity index (χ4n) is 6.04. The Bertz CT molecular complexity index is 1380. The number of ether oxygens (including phenoxy) is 3. The Balaban J connectivity index is 1.86. The van der Waals surface area contributed by atoms with E-state index in [1.807, 2.05) is 75.4 Å². The van der Waals surface area contributed by atoms with E-state index in [1.54, 1.807) is 21.3 Å². The van der Waals surface area contributed by atoms with Crippen molar-refractivity contribution in [2.75, 3.05) is 57.1 Å². The minimum atomic E-state index is -4.06. The van der Waals surface area contributed by atoms with Gasteiger partial charge in [-0.25, -0.2) is 4.57 Å². The van der Waals surface area contributed by atoms with Crippen LogP contribution in [-0.2, 0) is 18.1 Å². The summed E-state index contributed by atoms with van der Waals surface area (Å²) in [5.74, 6) is 2.41. The lowest BCUT2D eigenvalue weighted by Crippen LogP contribution is -2.29. The maximum absolute atomic E-state index is 14.7. The molecule has 0 bridgehead atoms. The SMILES string of the molecule is CCCCC(COP(=O)(OCC(CCCC)Nc1ccc(C)c(OC)c1)OCC(CCCC)Nc1ccc(C)c(OC)c1)Nc1ccc(C)c(OC)c1. The highest BCUT2D eigenvalue weighted by Crippen LogP contribution is 2.50. The maximum Gasteiger partial charge on any atom is 0.475 e. The second-order valence-corrected chi connectivity index (χ2v) is 15.5. The lowest BCUT2D eigenvalue weighted by Gasteiger charge is -2.28. The first-order chi connectivity index (χ1) is 25.6. The van der Waals surface area contributed by atoms with Crippen LogP contribution in [0.25, 0.3) is 0 Å². The largest absolute Gasteiger partial charge is 0.496 e. The van der Waals surface area contributed by atoms with Crippen LogP contribution in [-0.4, -0.2) is 59.3 Å². The molecule has 3 unspecified atom stereocenters. The summed E-state index contributed by atoms with van der Waals surface area (Å²) in [5, 5.41) is 10.8. The van der Waals surface area contributed by atoms with E-state index in [1.165, 1.54) is 0 Å². The Kier molecular flexibility index (Phi) is 19.4. The van der Waals surface area contributed by atoms with Crippen molar-refractivity contribution in [3.05, 3.63) is 71.3 Å². The normalized spacial score (nSPS) is 14.1. The van der Waals surface area contributed by atoms with Crippen LogP contribution in [0.15, 0.2) is 54.6 Å². The van der Waals surface area contributed by atoms with Crippen LogP contribution in [0.2, 0.25) is 0 Å². The Morgan fingerprint density at radius 2 is 0.792 bits per heavy atom. The van der Waals surface area contributed by atoms with Gasteiger partial charge in [0, 0.05) is 35.3 Å². The number of nitrogens with one attached hydrogen (secondary N) is 3. The third-order valence-corrected chi connectivity index (χ3v) is 10.8. The Labute approximate surface area is 319 Å². The van der Waals surface area contributed by atoms with Crippen LogP contribution in [0.4, 0.5) is 17.1 Å². The van der Waals surface area contributed by atoms with Crippen LogP contribution in [0.1, 0.15) is 95.2 Å². The predicted octanol–water partition coefficient (Wildman–Crippen LogP) is 11.1. The molecule has 53 heavy (non-hydrogen) atoms. The molecule has 0 amide bonds. The molecular formula is C42H66N3O7P. The van der Waals surface area contributed by atoms with Crippen LogP contribution in [0.5, 0.6) is 17.2 Å². The van der Waals surface area contributed by atoms with E-state index in [9.17, 15) is 4.57 Å². The Hall–Kier alpha value is -3.43. The lowest BCUT2D eigenvalue weighted by atomic mass is 10.1. The van der Waals surface area contributed by atoms with Crippen molar-refractivity contribution in [1.82, 2.24) is 0 Å². The van der Waals surface area contributed by atoms with Gasteiger partial charge >= 0.3 is 7.82 Å². The molecule has 0 aliphatic carbocycles. The van der Waals surface area contributed by atoms with Crippen molar-refractivity contribution >= 4 is 24.9 Å². The quantitative estimate of drug-likeness (QED) is 0.0651. The van der Waals surface area contributed by atoms with Gasteiger partial charge in [0.05, 0.1) is 59.3 Å². The zero-order valence-electron chi connectivity index (χ0n) is 33.7. The van der Waals surface area contributed by atoms with Crippen LogP contribution in [0.3, 0.4) is 0 Å². The molecule has 10 nitrogen and oxygen atoms in total. The van der Waals surface area contributed by atoms with Crippen molar-refractivity contribution in [3.8, 4) is 17.2 Å². The molecule has 0 saturated carbocycles. The Morgan fingerprint density at radius 3 is 1.04 bits per heavy atom. The first kappa shape index (κ1) is 44.0. The second kappa shape index (κ2) is 23.4. The number of aryl methyl sites for hydroxylation is 3. The van der Waals surface area contributed by atoms with Crippen molar-refractivity contribution < 1.29 is 32.3 Å². The molecular weight excluding hydrogens is 689 g/mol. The summed E-state index contributed by atoms with van der Waals surface area (Å²) in [6, 6.07) is 17.7. The number of rotatable bonds is 27. The maximum atomic E-state index is 14.7. The van der Waals surface area contributed by atoms with E-state index in [2.05, 4.69) is 36.7 Å². The third-order valence-electron chi connectivity index (χ3n) is 9.36. The zero-order chi connectivity index (χ0) is 38.6. The molecule has 0 spiro atoms. The molecule has 296 valence electrons. The number of phosphoric ester groups is 1. The van der Waals surface area contributed by atoms with E-state index in [-0.39, 0.29) is 37.9 Å². The van der Waals surface area contributed by atoms with Gasteiger partial charge in [0.25, 0.3) is 0 Å². The molecule has 3 N–H and O–H groups in total. The minimum Gasteiger partial charge on any atom is -0.496 e. The summed E-state index contributed by atoms with van der Waals surface area (Å²) < 4.78 is 50.3. The summed E-state index contributed by atoms with van der Waals surface area (Å²) >= 11 is 0. The van der Waals surface area contributed by atoms with E-state index in [4.69, 9.17) is 27.8 Å². The van der Waals surface area contributed by atoms with Gasteiger partial charge < -0.3 is 30.2 Å². The predicted molar refractivity (Wildman–Crippen MR) is 219 cm³/mol. The Morgan fingerprint density at radius 1 is 0.509 bits per heavy atom. The molecule has 3 rings (SSSR count). The average Bonchev–Trinajstić information content (AvgIpc) is 3.16. The highest BCUT2D eigenvalue weighted by Gasteiger charge is 2.31. The van der Waals surface area contributed by atoms with Crippen molar-refractivity contribution in [1.29, 1.82) is 0 Å². The number of phosphoric acid groups is 1. The number of anilines is 3. The molecule has 0 heterocycles. The highest BCUT2D eigenvalue weighted by atomic mass is 31.2. The van der Waals surface area contributed by atoms with Gasteiger partial charge in [-0.2, -0.15) is 0 Å². The molecule has 0 radical (unpaired) electrons. The number of hydrogen-bond acceptors (Lipinski definition) is 10. The summed E-state index contributed by atoms with van der Waals surface area (Å²) in [4.78, 5) is 0. The molecule has 11 heteroatoms. The van der Waals surface area contributed by atoms with Crippen molar-refractivity contribution in [2.24, 2.45) is 0 Å². The second-order valence-electron chi connectivity index (χ2n) is 13.8. The van der Waals surface area contributed by atoms with Crippen molar-refractivity contribution in [3.63, 3.8) is 0 Å². The van der Waals surface area contributed by atoms with Gasteiger partial charge in [0.2, 0.25) is 0 Å². The molecule has 3 aromatic rings. The summed E-state index contributed by atoms with van der Waals surface area (Å²) in [6.45, 7) is 12.9. The van der Waals surface area contributed by atoms with E-state index >= 15 is 0 Å². The van der Waals surface area contributed by atoms with Gasteiger partial charge in [-0.05, 0) is 74.9 Å². The molecule has 0 saturated heterocycles. The standard InChI is InChI=1S/C42H66N3O7P/c1-10-13-16-37(43-34-22-19-31(4)40(25-34)47-7)28-50-53(46,51-29-38(17-14-11-2)44-35-23-20-32(5)41(26-35)48-8)52-30-39(18-15-12-3)45-36-24-21-33(6)42(27-36)49-9/h19-27,37-39,43-45H,10-18,28-30H2,1-9H3. The van der Waals surface area contributed by atoms with Crippen molar-refractivity contribution in [2.45, 2.75) is 117 Å². The van der Waals surface area contributed by atoms with Gasteiger partial charge in [-0.1, -0.05) is 77.5 Å². The lowest BCUT2D eigenvalue weighted by molar-refractivity contribution is 0.101. The zero-order valence-corrected chi connectivity index (χ0v) is 34.6. The van der Waals surface area contributed by atoms with E-state index < -0.39 is 7.82 Å². The summed E-state index contributed by atoms with van der Waals surface area (Å²) in [5.41, 5.74) is 5.87. The fraction of sp³-hybridized carbons (Fsp3) is 0.571. The summed E-state index contributed by atoms with van der Waals surface area (Å²) in [7, 11) is 0.959. The topological polar surface area (TPSA) is 109 Å². The molecule has 0 fully saturated rings. The van der Waals surface area contributed by atoms with E-state index in [0.717, 1.165) is 109 Å². The molecule has 3 aromatic carbocycles. The van der Waals surface area contributed by atoms with Gasteiger partial charge in [-0.3, -0.25) is 13.6 Å². The average molecular weight is 756 g/mol. The molecule has 0 aliphatic rings. The van der Waals surface area contributed by atoms with Crippen LogP contribution < -0.4 is 30.2 Å². The third kappa shape index (κ3) is 15.1. The number of methoxy groups -OCH3 is 3. The molecule has 3 atom stereocenters. The molecule has 0 aliphatic heterocycles. The number of hydrogen-bond donors (Lipinski definition) is 3. The van der Waals surface area contributed by atoms with Crippen LogP contribution >= 0.6 is 7.82 Å². The van der Waals surface area contributed by atoms with Gasteiger partial charge in [0.1, 0.15) is 17.2 Å². The van der Waals surface area contributed by atoms with Gasteiger partial charge in [-0.15, -0.1) is 0 Å². The fourth-order valence-corrected chi connectivity index (χ4v) is 7.35. The molecule has 0 aromatic heterocycles. The monoisotopic (exact) mass is 755 g/mol. The smallest absolute Gasteiger partial charge is 0.475 e. The number of unbranched alkanes of at least 4 members (excludes halogenated alkanes) is 3. The minimum absolute atomic E-state index is 0.133. The summed E-state index contributed by atoms with van der Waals surface area (Å²) in [6.07, 6.45) is 8.43.